The normalized spacial score (nSPS) is 20.9. The van der Waals surface area contributed by atoms with Gasteiger partial charge in [0.15, 0.2) is 0 Å². The number of nitrogens with zero attached hydrogens (tertiary/aromatic N) is 2. The van der Waals surface area contributed by atoms with Crippen molar-refractivity contribution in [3.63, 3.8) is 0 Å². The fourth-order valence-corrected chi connectivity index (χ4v) is 5.26. The number of rotatable bonds is 7. The summed E-state index contributed by atoms with van der Waals surface area (Å²) in [5.41, 5.74) is 3.35. The summed E-state index contributed by atoms with van der Waals surface area (Å²) in [5.74, 6) is 0.411. The van der Waals surface area contributed by atoms with Crippen molar-refractivity contribution in [3.05, 3.63) is 59.7 Å². The molecule has 4 rings (SSSR count). The minimum atomic E-state index is -0.266. The molecule has 1 heterocycles. The van der Waals surface area contributed by atoms with Gasteiger partial charge in [0.05, 0.1) is 19.1 Å². The quantitative estimate of drug-likeness (QED) is 0.698. The van der Waals surface area contributed by atoms with E-state index in [0.717, 1.165) is 49.1 Å². The fraction of sp³-hybridized carbons (Fsp3) is 0.481. The largest absolute Gasteiger partial charge is 0.497 e. The molecule has 176 valence electrons. The maximum atomic E-state index is 13.5. The Balaban J connectivity index is 1.44. The van der Waals surface area contributed by atoms with Gasteiger partial charge in [-0.3, -0.25) is 9.59 Å². The number of para-hydroxylation sites is 1. The molecule has 3 atom stereocenters. The first kappa shape index (κ1) is 23.3. The first-order chi connectivity index (χ1) is 16.0. The van der Waals surface area contributed by atoms with Crippen LogP contribution in [-0.2, 0) is 16.0 Å². The number of carbonyl (C=O) groups excluding carboxylic acids is 2. The zero-order chi connectivity index (χ0) is 23.4. The van der Waals surface area contributed by atoms with E-state index < -0.39 is 0 Å². The number of likely N-dealkylation sites (N-methyl/N-ethyl adjacent to an activating group) is 1. The summed E-state index contributed by atoms with van der Waals surface area (Å²) in [6.45, 7) is 1.21. The van der Waals surface area contributed by atoms with Crippen LogP contribution in [-0.4, -0.2) is 51.0 Å². The monoisotopic (exact) mass is 449 g/mol. The molecule has 0 spiro atoms. The lowest BCUT2D eigenvalue weighted by molar-refractivity contribution is -0.135. The van der Waals surface area contributed by atoms with Crippen molar-refractivity contribution in [1.82, 2.24) is 10.2 Å². The van der Waals surface area contributed by atoms with Gasteiger partial charge in [0.25, 0.3) is 0 Å². The molecule has 1 aliphatic heterocycles. The molecule has 0 aromatic heterocycles. The average molecular weight is 450 g/mol. The predicted octanol–water partition coefficient (Wildman–Crippen LogP) is 3.81. The number of amides is 2. The Morgan fingerprint density at radius 3 is 2.45 bits per heavy atom. The number of methoxy groups -OCH3 is 1. The minimum absolute atomic E-state index is 0.000828. The topological polar surface area (TPSA) is 61.9 Å². The first-order valence-corrected chi connectivity index (χ1v) is 12.0. The van der Waals surface area contributed by atoms with Gasteiger partial charge in [-0.2, -0.15) is 0 Å². The van der Waals surface area contributed by atoms with Gasteiger partial charge >= 0.3 is 0 Å². The molecule has 0 radical (unpaired) electrons. The predicted molar refractivity (Wildman–Crippen MR) is 130 cm³/mol. The second-order valence-electron chi connectivity index (χ2n) is 9.36. The Kier molecular flexibility index (Phi) is 7.33. The maximum absolute atomic E-state index is 13.5. The van der Waals surface area contributed by atoms with Crippen molar-refractivity contribution < 1.29 is 14.3 Å². The van der Waals surface area contributed by atoms with E-state index in [0.29, 0.717) is 13.1 Å². The smallest absolute Gasteiger partial charge is 0.230 e. The molecule has 6 heteroatoms. The third kappa shape index (κ3) is 5.06. The van der Waals surface area contributed by atoms with E-state index in [1.807, 2.05) is 61.5 Å². The first-order valence-electron chi connectivity index (χ1n) is 12.0. The van der Waals surface area contributed by atoms with Gasteiger partial charge in [-0.1, -0.05) is 43.2 Å². The highest BCUT2D eigenvalue weighted by atomic mass is 16.5. The fourth-order valence-electron chi connectivity index (χ4n) is 5.26. The lowest BCUT2D eigenvalue weighted by atomic mass is 9.77. The van der Waals surface area contributed by atoms with Crippen LogP contribution in [0.1, 0.15) is 42.9 Å². The van der Waals surface area contributed by atoms with Crippen LogP contribution >= 0.6 is 0 Å². The molecule has 2 aliphatic rings. The summed E-state index contributed by atoms with van der Waals surface area (Å²) in [6, 6.07) is 16.1. The van der Waals surface area contributed by atoms with Crippen molar-refractivity contribution in [2.75, 3.05) is 39.2 Å². The van der Waals surface area contributed by atoms with E-state index >= 15 is 0 Å². The highest BCUT2D eigenvalue weighted by molar-refractivity contribution is 5.99. The van der Waals surface area contributed by atoms with Crippen LogP contribution in [0.3, 0.4) is 0 Å². The summed E-state index contributed by atoms with van der Waals surface area (Å²) in [6.07, 6.45) is 4.44. The van der Waals surface area contributed by atoms with Crippen molar-refractivity contribution in [3.8, 4) is 5.75 Å². The van der Waals surface area contributed by atoms with Crippen LogP contribution in [0.5, 0.6) is 5.75 Å². The second kappa shape index (κ2) is 10.4. The van der Waals surface area contributed by atoms with E-state index in [2.05, 4.69) is 16.3 Å². The molecule has 2 aromatic rings. The number of benzene rings is 2. The molecule has 3 unspecified atom stereocenters. The maximum Gasteiger partial charge on any atom is 0.230 e. The zero-order valence-corrected chi connectivity index (χ0v) is 19.9. The van der Waals surface area contributed by atoms with Gasteiger partial charge in [-0.25, -0.2) is 0 Å². The summed E-state index contributed by atoms with van der Waals surface area (Å²) in [7, 11) is 5.68. The number of anilines is 1. The Morgan fingerprint density at radius 2 is 1.76 bits per heavy atom. The van der Waals surface area contributed by atoms with Gasteiger partial charge < -0.3 is 19.9 Å². The number of nitrogens with one attached hydrogen (secondary N) is 1. The molecule has 33 heavy (non-hydrogen) atoms. The molecular formula is C27H35N3O3. The van der Waals surface area contributed by atoms with Crippen molar-refractivity contribution in [1.29, 1.82) is 0 Å². The van der Waals surface area contributed by atoms with Gasteiger partial charge in [0, 0.05) is 24.7 Å². The zero-order valence-electron chi connectivity index (χ0n) is 19.9. The molecule has 0 saturated heterocycles. The van der Waals surface area contributed by atoms with Crippen molar-refractivity contribution in [2.24, 2.45) is 11.8 Å². The van der Waals surface area contributed by atoms with Crippen LogP contribution < -0.4 is 15.0 Å². The van der Waals surface area contributed by atoms with Gasteiger partial charge in [-0.15, -0.1) is 0 Å². The molecule has 0 bridgehead atoms. The molecule has 2 aromatic carbocycles. The van der Waals surface area contributed by atoms with E-state index in [1.165, 1.54) is 5.56 Å². The Labute approximate surface area is 196 Å². The Hall–Kier alpha value is -2.86. The number of hydrogen-bond donors (Lipinski definition) is 1. The number of ether oxygens (including phenoxy) is 1. The molecule has 2 amide bonds. The average Bonchev–Trinajstić information content (AvgIpc) is 3.28. The SMILES string of the molecule is COc1ccc(C(CNC(=O)C2CCCCC2C(=O)N2CCc3ccccc32)N(C)C)cc1. The third-order valence-electron chi connectivity index (χ3n) is 7.17. The van der Waals surface area contributed by atoms with Crippen LogP contribution in [0.4, 0.5) is 5.69 Å². The Bertz CT molecular complexity index is 973. The second-order valence-corrected chi connectivity index (χ2v) is 9.36. The van der Waals surface area contributed by atoms with Crippen LogP contribution in [0, 0.1) is 11.8 Å². The summed E-state index contributed by atoms with van der Waals surface area (Å²) < 4.78 is 5.27. The lowest BCUT2D eigenvalue weighted by Gasteiger charge is -2.33. The highest BCUT2D eigenvalue weighted by Gasteiger charge is 2.39. The molecular weight excluding hydrogens is 414 g/mol. The molecule has 1 N–H and O–H groups in total. The molecule has 6 nitrogen and oxygen atoms in total. The van der Waals surface area contributed by atoms with Crippen LogP contribution in [0.15, 0.2) is 48.5 Å². The van der Waals surface area contributed by atoms with Gasteiger partial charge in [0.2, 0.25) is 11.8 Å². The lowest BCUT2D eigenvalue weighted by Crippen LogP contribution is -2.46. The summed E-state index contributed by atoms with van der Waals surface area (Å²) >= 11 is 0. The third-order valence-corrected chi connectivity index (χ3v) is 7.17. The van der Waals surface area contributed by atoms with Crippen LogP contribution in [0.25, 0.3) is 0 Å². The molecule has 1 aliphatic carbocycles. The minimum Gasteiger partial charge on any atom is -0.497 e. The number of fused-ring (bicyclic) bond motifs is 1. The van der Waals surface area contributed by atoms with Crippen molar-refractivity contribution >= 4 is 17.5 Å². The van der Waals surface area contributed by atoms with Gasteiger partial charge in [0.1, 0.15) is 5.75 Å². The Morgan fingerprint density at radius 1 is 1.06 bits per heavy atom. The van der Waals surface area contributed by atoms with E-state index in [9.17, 15) is 9.59 Å². The van der Waals surface area contributed by atoms with E-state index in [-0.39, 0.29) is 29.7 Å². The molecule has 1 saturated carbocycles. The van der Waals surface area contributed by atoms with E-state index in [4.69, 9.17) is 4.74 Å². The van der Waals surface area contributed by atoms with E-state index in [1.54, 1.807) is 7.11 Å². The van der Waals surface area contributed by atoms with Crippen molar-refractivity contribution in [2.45, 2.75) is 38.1 Å². The standard InChI is InChI=1S/C27H35N3O3/c1-29(2)25(20-12-14-21(33-3)15-13-20)18-28-26(31)22-9-5-6-10-23(22)27(32)30-17-16-19-8-4-7-11-24(19)30/h4,7-8,11-15,22-23,25H,5-6,9-10,16-18H2,1-3H3,(H,28,31). The number of hydrogen-bond acceptors (Lipinski definition) is 4. The summed E-state index contributed by atoms with van der Waals surface area (Å²) in [4.78, 5) is 30.9. The van der Waals surface area contributed by atoms with Gasteiger partial charge in [-0.05, 0) is 62.7 Å². The van der Waals surface area contributed by atoms with Crippen LogP contribution in [0.2, 0.25) is 0 Å². The number of carbonyl (C=O) groups is 2. The summed E-state index contributed by atoms with van der Waals surface area (Å²) in [5, 5.41) is 3.17. The highest BCUT2D eigenvalue weighted by Crippen LogP contribution is 2.36. The molecule has 1 fully saturated rings.